The van der Waals surface area contributed by atoms with Crippen LogP contribution in [0.1, 0.15) is 24.0 Å². The number of nitrogens with zero attached hydrogens (tertiary/aromatic N) is 1. The molecule has 4 nitrogen and oxygen atoms in total. The molecule has 1 aromatic rings. The van der Waals surface area contributed by atoms with Crippen molar-refractivity contribution in [1.82, 2.24) is 4.31 Å². The molecule has 0 unspecified atom stereocenters. The first-order valence-corrected chi connectivity index (χ1v) is 8.26. The summed E-state index contributed by atoms with van der Waals surface area (Å²) in [6, 6.07) is 3.09. The molecule has 1 fully saturated rings. The molecule has 1 N–H and O–H groups in total. The maximum absolute atomic E-state index is 12.8. The van der Waals surface area contributed by atoms with Crippen molar-refractivity contribution in [2.24, 2.45) is 0 Å². The number of benzene rings is 1. The van der Waals surface area contributed by atoms with Gasteiger partial charge < -0.3 is 5.11 Å². The number of halogens is 1. The maximum Gasteiger partial charge on any atom is 0.243 e. The quantitative estimate of drug-likeness (QED) is 0.820. The molecule has 0 aliphatic heterocycles. The van der Waals surface area contributed by atoms with Crippen LogP contribution in [0.5, 0.6) is 0 Å². The van der Waals surface area contributed by atoms with E-state index in [1.165, 1.54) is 10.4 Å². The lowest BCUT2D eigenvalue weighted by Gasteiger charge is -2.22. The zero-order chi connectivity index (χ0) is 14.9. The van der Waals surface area contributed by atoms with E-state index in [-0.39, 0.29) is 24.1 Å². The monoisotopic (exact) mass is 315 g/mol. The van der Waals surface area contributed by atoms with E-state index < -0.39 is 10.0 Å². The summed E-state index contributed by atoms with van der Waals surface area (Å²) in [7, 11) is -3.62. The molecule has 0 atom stereocenters. The molecule has 0 bridgehead atoms. The SMILES string of the molecule is C=CCN(C1CC1)S(=O)(=O)c1cc(Cl)cc(CO)c1C. The Morgan fingerprint density at radius 2 is 2.15 bits per heavy atom. The van der Waals surface area contributed by atoms with Crippen LogP contribution in [0, 0.1) is 6.92 Å². The summed E-state index contributed by atoms with van der Waals surface area (Å²) in [6.07, 6.45) is 3.34. The molecule has 2 rings (SSSR count). The highest BCUT2D eigenvalue weighted by molar-refractivity contribution is 7.89. The molecule has 6 heteroatoms. The second-order valence-corrected chi connectivity index (χ2v) is 7.24. The maximum atomic E-state index is 12.8. The largest absolute Gasteiger partial charge is 0.392 e. The van der Waals surface area contributed by atoms with E-state index in [1.54, 1.807) is 19.1 Å². The second-order valence-electron chi connectivity index (χ2n) is 4.94. The summed E-state index contributed by atoms with van der Waals surface area (Å²) in [5.74, 6) is 0. The van der Waals surface area contributed by atoms with Crippen molar-refractivity contribution in [2.45, 2.75) is 37.3 Å². The first kappa shape index (κ1) is 15.5. The fraction of sp³-hybridized carbons (Fsp3) is 0.429. The number of sulfonamides is 1. The van der Waals surface area contributed by atoms with E-state index in [9.17, 15) is 13.5 Å². The standard InChI is InChI=1S/C14H18ClNO3S/c1-3-6-16(13-4-5-13)20(18,19)14-8-12(15)7-11(9-17)10(14)2/h3,7-8,13,17H,1,4-6,9H2,2H3. The van der Waals surface area contributed by atoms with E-state index in [0.717, 1.165) is 12.8 Å². The van der Waals surface area contributed by atoms with Crippen LogP contribution in [0.25, 0.3) is 0 Å². The molecular weight excluding hydrogens is 298 g/mol. The van der Waals surface area contributed by atoms with Gasteiger partial charge in [0, 0.05) is 17.6 Å². The highest BCUT2D eigenvalue weighted by atomic mass is 35.5. The Kier molecular flexibility index (Phi) is 4.54. The second kappa shape index (κ2) is 5.85. The number of hydrogen-bond acceptors (Lipinski definition) is 3. The van der Waals surface area contributed by atoms with Crippen LogP contribution in [0.3, 0.4) is 0 Å². The minimum Gasteiger partial charge on any atom is -0.392 e. The van der Waals surface area contributed by atoms with Crippen molar-refractivity contribution in [1.29, 1.82) is 0 Å². The van der Waals surface area contributed by atoms with Gasteiger partial charge in [0.2, 0.25) is 10.0 Å². The molecule has 0 saturated heterocycles. The Balaban J connectivity index is 2.52. The molecular formula is C14H18ClNO3S. The summed E-state index contributed by atoms with van der Waals surface area (Å²) >= 11 is 5.97. The van der Waals surface area contributed by atoms with E-state index in [4.69, 9.17) is 11.6 Å². The summed E-state index contributed by atoms with van der Waals surface area (Å²) in [5.41, 5.74) is 1.08. The van der Waals surface area contributed by atoms with Gasteiger partial charge in [-0.3, -0.25) is 0 Å². The lowest BCUT2D eigenvalue weighted by molar-refractivity contribution is 0.280. The van der Waals surface area contributed by atoms with Gasteiger partial charge in [-0.15, -0.1) is 6.58 Å². The van der Waals surface area contributed by atoms with Crippen LogP contribution in [0.4, 0.5) is 0 Å². The molecule has 1 aliphatic carbocycles. The molecule has 0 heterocycles. The molecule has 20 heavy (non-hydrogen) atoms. The Morgan fingerprint density at radius 1 is 1.50 bits per heavy atom. The lowest BCUT2D eigenvalue weighted by atomic mass is 10.1. The minimum absolute atomic E-state index is 0.0500. The Morgan fingerprint density at radius 3 is 2.65 bits per heavy atom. The van der Waals surface area contributed by atoms with Gasteiger partial charge in [-0.05, 0) is 43.0 Å². The molecule has 0 spiro atoms. The highest BCUT2D eigenvalue weighted by Crippen LogP contribution is 2.34. The van der Waals surface area contributed by atoms with Crippen molar-refractivity contribution >= 4 is 21.6 Å². The van der Waals surface area contributed by atoms with Crippen molar-refractivity contribution in [3.63, 3.8) is 0 Å². The zero-order valence-corrected chi connectivity index (χ0v) is 12.9. The van der Waals surface area contributed by atoms with E-state index in [0.29, 0.717) is 16.1 Å². The smallest absolute Gasteiger partial charge is 0.243 e. The summed E-state index contributed by atoms with van der Waals surface area (Å²) in [5, 5.41) is 9.63. The van der Waals surface area contributed by atoms with Crippen molar-refractivity contribution in [3.05, 3.63) is 40.9 Å². The Bertz CT molecular complexity index is 624. The van der Waals surface area contributed by atoms with Gasteiger partial charge in [-0.1, -0.05) is 17.7 Å². The van der Waals surface area contributed by atoms with E-state index in [1.807, 2.05) is 0 Å². The molecule has 1 saturated carbocycles. The highest BCUT2D eigenvalue weighted by Gasteiger charge is 2.38. The van der Waals surface area contributed by atoms with Crippen molar-refractivity contribution in [3.8, 4) is 0 Å². The predicted octanol–water partition coefficient (Wildman–Crippen LogP) is 2.48. The normalized spacial score (nSPS) is 15.6. The molecule has 1 aliphatic rings. The Labute approximate surface area is 124 Å². The third-order valence-electron chi connectivity index (χ3n) is 3.45. The minimum atomic E-state index is -3.62. The molecule has 0 amide bonds. The first-order chi connectivity index (χ1) is 9.41. The summed E-state index contributed by atoms with van der Waals surface area (Å²) in [4.78, 5) is 0.169. The van der Waals surface area contributed by atoms with Gasteiger partial charge >= 0.3 is 0 Å². The van der Waals surface area contributed by atoms with E-state index in [2.05, 4.69) is 6.58 Å². The number of hydrogen-bond donors (Lipinski definition) is 1. The summed E-state index contributed by atoms with van der Waals surface area (Å²) in [6.45, 7) is 5.36. The summed E-state index contributed by atoms with van der Waals surface area (Å²) < 4.78 is 27.0. The fourth-order valence-electron chi connectivity index (χ4n) is 2.20. The average molecular weight is 316 g/mol. The predicted molar refractivity (Wildman–Crippen MR) is 79.2 cm³/mol. The van der Waals surface area contributed by atoms with Gasteiger partial charge in [0.1, 0.15) is 0 Å². The van der Waals surface area contributed by atoms with Crippen molar-refractivity contribution < 1.29 is 13.5 Å². The van der Waals surface area contributed by atoms with Crippen LogP contribution < -0.4 is 0 Å². The van der Waals surface area contributed by atoms with Gasteiger partial charge in [0.25, 0.3) is 0 Å². The van der Waals surface area contributed by atoms with Crippen LogP contribution in [-0.2, 0) is 16.6 Å². The third-order valence-corrected chi connectivity index (χ3v) is 5.72. The van der Waals surface area contributed by atoms with Crippen molar-refractivity contribution in [2.75, 3.05) is 6.54 Å². The topological polar surface area (TPSA) is 57.6 Å². The first-order valence-electron chi connectivity index (χ1n) is 6.44. The van der Waals surface area contributed by atoms with Gasteiger partial charge in [0.15, 0.2) is 0 Å². The molecule has 0 aromatic heterocycles. The van der Waals surface area contributed by atoms with E-state index >= 15 is 0 Å². The fourth-order valence-corrected chi connectivity index (χ4v) is 4.46. The van der Waals surface area contributed by atoms with Crippen LogP contribution in [0.15, 0.2) is 29.7 Å². The molecule has 0 radical (unpaired) electrons. The van der Waals surface area contributed by atoms with Crippen LogP contribution >= 0.6 is 11.6 Å². The zero-order valence-electron chi connectivity index (χ0n) is 11.3. The Hall–Kier alpha value is -0.880. The van der Waals surface area contributed by atoms with Crippen LogP contribution in [0.2, 0.25) is 5.02 Å². The third kappa shape index (κ3) is 2.91. The average Bonchev–Trinajstić information content (AvgIpc) is 3.22. The number of aliphatic hydroxyl groups is 1. The number of aliphatic hydroxyl groups excluding tert-OH is 1. The molecule has 1 aromatic carbocycles. The van der Waals surface area contributed by atoms with Gasteiger partial charge in [-0.2, -0.15) is 4.31 Å². The lowest BCUT2D eigenvalue weighted by Crippen LogP contribution is -2.33. The molecule has 110 valence electrons. The number of rotatable bonds is 6. The van der Waals surface area contributed by atoms with Gasteiger partial charge in [-0.25, -0.2) is 8.42 Å². The van der Waals surface area contributed by atoms with Gasteiger partial charge in [0.05, 0.1) is 11.5 Å². The van der Waals surface area contributed by atoms with Crippen LogP contribution in [-0.4, -0.2) is 30.4 Å².